The Kier molecular flexibility index (Phi) is 7.94. The monoisotopic (exact) mass is 439 g/mol. The van der Waals surface area contributed by atoms with E-state index in [2.05, 4.69) is 69.8 Å². The number of rotatable bonds is 7. The van der Waals surface area contributed by atoms with Gasteiger partial charge in [-0.25, -0.2) is 0 Å². The van der Waals surface area contributed by atoms with E-state index in [9.17, 15) is 9.59 Å². The minimum atomic E-state index is -0.617. The molecule has 0 heterocycles. The van der Waals surface area contributed by atoms with Crippen LogP contribution in [-0.2, 0) is 20.4 Å². The van der Waals surface area contributed by atoms with E-state index in [-0.39, 0.29) is 22.6 Å². The van der Waals surface area contributed by atoms with Crippen molar-refractivity contribution < 1.29 is 14.3 Å². The van der Waals surface area contributed by atoms with Gasteiger partial charge in [0.2, 0.25) is 5.91 Å². The Morgan fingerprint density at radius 3 is 2.00 bits per heavy atom. The van der Waals surface area contributed by atoms with Crippen molar-refractivity contribution in [2.24, 2.45) is 0 Å². The summed E-state index contributed by atoms with van der Waals surface area (Å²) in [6.07, 6.45) is -0.0766. The molecule has 2 aromatic carbocycles. The predicted octanol–water partition coefficient (Wildman–Crippen LogP) is 5.54. The SMILES string of the molecule is CCC(Oc1ccc(C(C)(C)C)cc1C(C)(C)C)C(=O)Nc1ccc(NNC(C)=O)cc1. The maximum absolute atomic E-state index is 12.9. The molecule has 0 saturated carbocycles. The largest absolute Gasteiger partial charge is 0.480 e. The van der Waals surface area contributed by atoms with Gasteiger partial charge in [0.25, 0.3) is 5.91 Å². The fourth-order valence-electron chi connectivity index (χ4n) is 3.18. The second-order valence-corrected chi connectivity index (χ2v) is 10.1. The fourth-order valence-corrected chi connectivity index (χ4v) is 3.18. The molecule has 1 unspecified atom stereocenters. The van der Waals surface area contributed by atoms with E-state index in [4.69, 9.17) is 4.74 Å². The Bertz CT molecular complexity index is 938. The summed E-state index contributed by atoms with van der Waals surface area (Å²) in [5, 5.41) is 2.92. The van der Waals surface area contributed by atoms with Crippen LogP contribution in [0.4, 0.5) is 11.4 Å². The summed E-state index contributed by atoms with van der Waals surface area (Å²) in [4.78, 5) is 23.9. The second-order valence-electron chi connectivity index (χ2n) is 10.1. The highest BCUT2D eigenvalue weighted by atomic mass is 16.5. The molecule has 0 spiro atoms. The molecule has 0 bridgehead atoms. The minimum Gasteiger partial charge on any atom is -0.480 e. The number of carbonyl (C=O) groups excluding carboxylic acids is 2. The number of hydrazine groups is 1. The Balaban J connectivity index is 2.17. The lowest BCUT2D eigenvalue weighted by Crippen LogP contribution is -2.33. The molecular formula is C26H37N3O3. The van der Waals surface area contributed by atoms with Crippen molar-refractivity contribution >= 4 is 23.2 Å². The molecule has 6 nitrogen and oxygen atoms in total. The summed E-state index contributed by atoms with van der Waals surface area (Å²) in [6, 6.07) is 13.4. The Hall–Kier alpha value is -3.02. The molecule has 2 aromatic rings. The predicted molar refractivity (Wildman–Crippen MR) is 131 cm³/mol. The minimum absolute atomic E-state index is 0.0288. The van der Waals surface area contributed by atoms with Crippen molar-refractivity contribution in [1.29, 1.82) is 0 Å². The van der Waals surface area contributed by atoms with Gasteiger partial charge < -0.3 is 10.1 Å². The lowest BCUT2D eigenvalue weighted by atomic mass is 9.80. The molecular weight excluding hydrogens is 402 g/mol. The smallest absolute Gasteiger partial charge is 0.265 e. The number of benzene rings is 2. The Morgan fingerprint density at radius 2 is 1.50 bits per heavy atom. The molecule has 174 valence electrons. The number of amides is 2. The molecule has 1 atom stereocenters. The highest BCUT2D eigenvalue weighted by Gasteiger charge is 2.26. The molecule has 3 N–H and O–H groups in total. The quantitative estimate of drug-likeness (QED) is 0.495. The van der Waals surface area contributed by atoms with Gasteiger partial charge in [0.05, 0.1) is 5.69 Å². The maximum Gasteiger partial charge on any atom is 0.265 e. The normalized spacial score (nSPS) is 12.6. The number of carbonyl (C=O) groups is 2. The van der Waals surface area contributed by atoms with Crippen LogP contribution in [0.5, 0.6) is 5.75 Å². The highest BCUT2D eigenvalue weighted by Crippen LogP contribution is 2.36. The molecule has 0 aliphatic heterocycles. The van der Waals surface area contributed by atoms with Gasteiger partial charge in [0, 0.05) is 12.6 Å². The van der Waals surface area contributed by atoms with Gasteiger partial charge in [-0.15, -0.1) is 0 Å². The van der Waals surface area contributed by atoms with Crippen molar-refractivity contribution in [3.8, 4) is 5.75 Å². The van der Waals surface area contributed by atoms with Crippen LogP contribution < -0.4 is 20.9 Å². The first-order valence-electron chi connectivity index (χ1n) is 11.1. The van der Waals surface area contributed by atoms with Gasteiger partial charge in [-0.2, -0.15) is 0 Å². The van der Waals surface area contributed by atoms with Gasteiger partial charge in [-0.05, 0) is 58.7 Å². The standard InChI is InChI=1S/C26H37N3O3/c1-9-22(24(31)27-19-11-13-20(14-12-19)29-28-17(2)30)32-23-15-10-18(25(3,4)5)16-21(23)26(6,7)8/h10-16,22,29H,9H2,1-8H3,(H,27,31)(H,28,30). The summed E-state index contributed by atoms with van der Waals surface area (Å²) in [6.45, 7) is 16.4. The summed E-state index contributed by atoms with van der Waals surface area (Å²) in [5.74, 6) is 0.354. The number of anilines is 2. The average molecular weight is 440 g/mol. The fraction of sp³-hybridized carbons (Fsp3) is 0.462. The van der Waals surface area contributed by atoms with Gasteiger partial charge in [0.1, 0.15) is 5.75 Å². The van der Waals surface area contributed by atoms with Crippen LogP contribution >= 0.6 is 0 Å². The van der Waals surface area contributed by atoms with Crippen LogP contribution in [-0.4, -0.2) is 17.9 Å². The first kappa shape index (κ1) is 25.2. The molecule has 2 rings (SSSR count). The van der Waals surface area contributed by atoms with Gasteiger partial charge in [-0.1, -0.05) is 60.6 Å². The number of nitrogens with one attached hydrogen (secondary N) is 3. The zero-order chi connectivity index (χ0) is 24.1. The van der Waals surface area contributed by atoms with E-state index in [1.54, 1.807) is 24.3 Å². The van der Waals surface area contributed by atoms with Crippen LogP contribution in [0.3, 0.4) is 0 Å². The van der Waals surface area contributed by atoms with Crippen molar-refractivity contribution in [2.45, 2.75) is 78.7 Å². The summed E-state index contributed by atoms with van der Waals surface area (Å²) in [7, 11) is 0. The molecule has 2 amide bonds. The average Bonchev–Trinajstić information content (AvgIpc) is 2.69. The van der Waals surface area contributed by atoms with Crippen molar-refractivity contribution in [3.05, 3.63) is 53.6 Å². The van der Waals surface area contributed by atoms with Crippen LogP contribution in [0.25, 0.3) is 0 Å². The van der Waals surface area contributed by atoms with Gasteiger partial charge >= 0.3 is 0 Å². The molecule has 0 aliphatic rings. The van der Waals surface area contributed by atoms with E-state index in [0.29, 0.717) is 12.1 Å². The third kappa shape index (κ3) is 7.01. The number of ether oxygens (including phenoxy) is 1. The summed E-state index contributed by atoms with van der Waals surface area (Å²) >= 11 is 0. The van der Waals surface area contributed by atoms with Crippen molar-refractivity contribution in [3.63, 3.8) is 0 Å². The van der Waals surface area contributed by atoms with Crippen LogP contribution in [0.2, 0.25) is 0 Å². The molecule has 6 heteroatoms. The van der Waals surface area contributed by atoms with Crippen molar-refractivity contribution in [2.75, 3.05) is 10.7 Å². The molecule has 0 aliphatic carbocycles. The zero-order valence-electron chi connectivity index (χ0n) is 20.6. The van der Waals surface area contributed by atoms with Gasteiger partial charge in [-0.3, -0.25) is 20.4 Å². The lowest BCUT2D eigenvalue weighted by molar-refractivity contribution is -0.123. The topological polar surface area (TPSA) is 79.5 Å². The zero-order valence-corrected chi connectivity index (χ0v) is 20.6. The van der Waals surface area contributed by atoms with Crippen LogP contribution in [0.15, 0.2) is 42.5 Å². The third-order valence-corrected chi connectivity index (χ3v) is 5.12. The molecule has 0 fully saturated rings. The highest BCUT2D eigenvalue weighted by molar-refractivity contribution is 5.94. The lowest BCUT2D eigenvalue weighted by Gasteiger charge is -2.28. The first-order chi connectivity index (χ1) is 14.8. The van der Waals surface area contributed by atoms with E-state index in [0.717, 1.165) is 17.0 Å². The van der Waals surface area contributed by atoms with Crippen molar-refractivity contribution in [1.82, 2.24) is 5.43 Å². The third-order valence-electron chi connectivity index (χ3n) is 5.12. The molecule has 0 saturated heterocycles. The van der Waals surface area contributed by atoms with E-state index in [1.807, 2.05) is 13.0 Å². The van der Waals surface area contributed by atoms with E-state index >= 15 is 0 Å². The molecule has 0 aromatic heterocycles. The second kappa shape index (κ2) is 10.1. The van der Waals surface area contributed by atoms with E-state index in [1.165, 1.54) is 12.5 Å². The van der Waals surface area contributed by atoms with Crippen LogP contribution in [0, 0.1) is 0 Å². The maximum atomic E-state index is 12.9. The Morgan fingerprint density at radius 1 is 0.906 bits per heavy atom. The van der Waals surface area contributed by atoms with Gasteiger partial charge in [0.15, 0.2) is 6.10 Å². The Labute approximate surface area is 192 Å². The first-order valence-corrected chi connectivity index (χ1v) is 11.1. The summed E-state index contributed by atoms with van der Waals surface area (Å²) < 4.78 is 6.24. The van der Waals surface area contributed by atoms with E-state index < -0.39 is 6.10 Å². The summed E-state index contributed by atoms with van der Waals surface area (Å²) in [5.41, 5.74) is 8.91. The molecule has 32 heavy (non-hydrogen) atoms. The number of hydrogen-bond donors (Lipinski definition) is 3. The van der Waals surface area contributed by atoms with Crippen LogP contribution in [0.1, 0.15) is 72.9 Å². The number of hydrogen-bond acceptors (Lipinski definition) is 4. The molecule has 0 radical (unpaired) electrons.